The van der Waals surface area contributed by atoms with Crippen molar-refractivity contribution in [1.29, 1.82) is 0 Å². The number of amides is 1. The zero-order valence-corrected chi connectivity index (χ0v) is 43.8. The lowest BCUT2D eigenvalue weighted by molar-refractivity contribution is -0.241. The van der Waals surface area contributed by atoms with E-state index in [1.165, 1.54) is 18.3 Å². The number of nitrogens with zero attached hydrogens (tertiary/aromatic N) is 4. The van der Waals surface area contributed by atoms with E-state index in [4.69, 9.17) is 14.2 Å². The number of aromatic nitrogens is 4. The first-order valence-corrected chi connectivity index (χ1v) is 26.1. The largest absolute Gasteiger partial charge is 0.460 e. The van der Waals surface area contributed by atoms with Crippen LogP contribution in [0.1, 0.15) is 139 Å². The van der Waals surface area contributed by atoms with Gasteiger partial charge < -0.3 is 39.5 Å². The van der Waals surface area contributed by atoms with Gasteiger partial charge in [0.1, 0.15) is 30.1 Å². The first-order valence-electron chi connectivity index (χ1n) is 26.1. The number of hydrogen-bond acceptors (Lipinski definition) is 15. The smallest absolute Gasteiger partial charge is 0.329 e. The van der Waals surface area contributed by atoms with Gasteiger partial charge in [0.05, 0.1) is 6.10 Å². The van der Waals surface area contributed by atoms with E-state index in [-0.39, 0.29) is 73.8 Å². The van der Waals surface area contributed by atoms with Crippen molar-refractivity contribution in [1.82, 2.24) is 25.5 Å². The third-order valence-electron chi connectivity index (χ3n) is 15.7. The minimum atomic E-state index is -2.46. The molecule has 17 heteroatoms. The first-order chi connectivity index (χ1) is 33.7. The number of carbonyl (C=O) groups excluding carboxylic acids is 5. The molecule has 0 spiro atoms. The molecule has 4 heterocycles. The number of esters is 1. The topological polar surface area (TPSA) is 252 Å². The fourth-order valence-electron chi connectivity index (χ4n) is 10.8. The summed E-state index contributed by atoms with van der Waals surface area (Å²) in [6.45, 7) is 14.8. The van der Waals surface area contributed by atoms with Crippen LogP contribution in [-0.2, 0) is 38.2 Å². The zero-order chi connectivity index (χ0) is 52.4. The molecule has 4 aliphatic rings. The summed E-state index contributed by atoms with van der Waals surface area (Å²) in [6.07, 6.45) is 15.3. The summed E-state index contributed by atoms with van der Waals surface area (Å²) in [5.41, 5.74) is 1.26. The van der Waals surface area contributed by atoms with Crippen molar-refractivity contribution in [3.05, 3.63) is 53.9 Å². The van der Waals surface area contributed by atoms with E-state index in [2.05, 4.69) is 27.5 Å². The maximum absolute atomic E-state index is 14.4. The lowest BCUT2D eigenvalue weighted by Crippen LogP contribution is -2.59. The van der Waals surface area contributed by atoms with Crippen LogP contribution < -0.4 is 0 Å². The summed E-state index contributed by atoms with van der Waals surface area (Å²) >= 11 is 0. The van der Waals surface area contributed by atoms with Crippen LogP contribution in [0.5, 0.6) is 0 Å². The van der Waals surface area contributed by atoms with Gasteiger partial charge in [-0.2, -0.15) is 5.21 Å². The van der Waals surface area contributed by atoms with Crippen molar-refractivity contribution in [2.75, 3.05) is 26.9 Å². The number of aromatic amines is 1. The molecule has 1 aromatic heterocycles. The fraction of sp³-hybridized carbons (Fsp3) is 0.741. The number of Topliss-reactive ketones (excluding diaryl/α,β-unsaturated/α-hetero) is 3. The van der Waals surface area contributed by atoms with Crippen LogP contribution in [0.4, 0.5) is 0 Å². The number of cyclic esters (lactones) is 1. The Morgan fingerprint density at radius 1 is 0.901 bits per heavy atom. The number of methoxy groups -OCH3 is 1. The predicted molar refractivity (Wildman–Crippen MR) is 267 cm³/mol. The van der Waals surface area contributed by atoms with Gasteiger partial charge in [0.25, 0.3) is 11.7 Å². The van der Waals surface area contributed by atoms with Gasteiger partial charge in [0.15, 0.2) is 12.1 Å². The molecule has 1 aliphatic carbocycles. The fourth-order valence-corrected chi connectivity index (χ4v) is 10.8. The van der Waals surface area contributed by atoms with Crippen molar-refractivity contribution >= 4 is 29.2 Å². The quantitative estimate of drug-likeness (QED) is 0.120. The summed E-state index contributed by atoms with van der Waals surface area (Å²) in [4.78, 5) is 72.2. The summed E-state index contributed by atoms with van der Waals surface area (Å²) in [5, 5.41) is 56.3. The van der Waals surface area contributed by atoms with Gasteiger partial charge in [-0.25, -0.2) is 4.79 Å². The Morgan fingerprint density at radius 2 is 1.65 bits per heavy atom. The SMILES string of the molecule is CO[C@H]1C(=O)[C@@H](C)C[C@H](C)/C=C/C=C/C=C(\C)[C@@H](CO)C[C@@H]2CCC[C@@H](C)[C@@](O)(O2)C(=O)C(=O)N2CCCC[C@H]2C(=O)O[C@H]([C@H](C)CC2CC[C@H](C)[C@H](CO)C2)CC(=O)[C@H](C)/C=C(\C)[C@H]1O.c1nn[nH]n1. The molecule has 3 fully saturated rings. The standard InChI is InChI=1S/C53H83NO12.CH2N4/c1-32-16-11-10-12-17-33(2)42(31-56)28-43-19-15-18-39(8)53(63,66-43)50(60)51(61)54-23-14-13-20-44(54)52(62)65-46(36(5)26-40-22-21-34(3)41(27-40)30-55)29-45(57)35(4)25-38(7)48(59)49(64-9)47(58)37(6)24-32;1-2-4-5-3-1/h10-12,16-17,25,32,34-37,39-44,46,48-49,55-56,59,63H,13-15,18-24,26-31H2,1-9H3;1H,(H,2,3,4,5)/b12-10+,16-11+,33-17+,38-25+;/t32-,34+,35-,36-,37+,39-,40?,41+,42-,43+,44+,46+,48-,49+,53-;/m1./s1. The van der Waals surface area contributed by atoms with E-state index in [1.54, 1.807) is 26.8 Å². The zero-order valence-electron chi connectivity index (χ0n) is 43.8. The number of fused-ring (bicyclic) bond motifs is 3. The molecule has 0 radical (unpaired) electrons. The van der Waals surface area contributed by atoms with Crippen LogP contribution in [0.15, 0.2) is 53.9 Å². The number of tetrazole rings is 1. The summed E-state index contributed by atoms with van der Waals surface area (Å²) in [7, 11) is 1.38. The Balaban J connectivity index is 0.00000205. The van der Waals surface area contributed by atoms with E-state index in [1.807, 2.05) is 58.1 Å². The Morgan fingerprint density at radius 3 is 2.30 bits per heavy atom. The number of rotatable bonds is 6. The van der Waals surface area contributed by atoms with Crippen molar-refractivity contribution in [2.24, 2.45) is 53.3 Å². The van der Waals surface area contributed by atoms with Gasteiger partial charge in [0.2, 0.25) is 5.79 Å². The highest BCUT2D eigenvalue weighted by molar-refractivity contribution is 6.39. The molecule has 1 aromatic rings. The van der Waals surface area contributed by atoms with Crippen LogP contribution in [0, 0.1) is 53.3 Å². The minimum absolute atomic E-state index is 0.00919. The van der Waals surface area contributed by atoms with Crippen molar-refractivity contribution < 1.29 is 58.6 Å². The number of carbonyl (C=O) groups is 5. The molecule has 2 bridgehead atoms. The van der Waals surface area contributed by atoms with E-state index in [0.717, 1.165) is 24.8 Å². The van der Waals surface area contributed by atoms with Crippen LogP contribution in [0.2, 0.25) is 0 Å². The van der Waals surface area contributed by atoms with Gasteiger partial charge in [-0.15, -0.1) is 10.2 Å². The summed E-state index contributed by atoms with van der Waals surface area (Å²) < 4.78 is 18.1. The van der Waals surface area contributed by atoms with Gasteiger partial charge in [-0.05, 0) is 107 Å². The maximum atomic E-state index is 14.4. The Kier molecular flexibility index (Phi) is 24.1. The predicted octanol–water partition coefficient (Wildman–Crippen LogP) is 6.23. The number of hydrogen-bond donors (Lipinski definition) is 5. The average Bonchev–Trinajstić information content (AvgIpc) is 3.91. The van der Waals surface area contributed by atoms with Crippen molar-refractivity contribution in [2.45, 2.75) is 175 Å². The lowest BCUT2D eigenvalue weighted by Gasteiger charge is -2.39. The molecular formula is C54H85N5O12. The van der Waals surface area contributed by atoms with Gasteiger partial charge in [-0.1, -0.05) is 108 Å². The molecule has 3 aliphatic heterocycles. The molecule has 2 saturated heterocycles. The molecule has 15 atom stereocenters. The third-order valence-corrected chi connectivity index (χ3v) is 15.7. The third kappa shape index (κ3) is 16.9. The average molecular weight is 996 g/mol. The second-order valence-corrected chi connectivity index (χ2v) is 21.2. The van der Waals surface area contributed by atoms with E-state index in [0.29, 0.717) is 62.9 Å². The molecule has 5 N–H and O–H groups in total. The molecule has 71 heavy (non-hydrogen) atoms. The molecular weight excluding hydrogens is 911 g/mol. The second-order valence-electron chi connectivity index (χ2n) is 21.2. The molecule has 17 nitrogen and oxygen atoms in total. The highest BCUT2D eigenvalue weighted by Gasteiger charge is 2.52. The maximum Gasteiger partial charge on any atom is 0.329 e. The van der Waals surface area contributed by atoms with E-state index >= 15 is 0 Å². The number of piperidine rings is 1. The normalized spacial score (nSPS) is 37.9. The summed E-state index contributed by atoms with van der Waals surface area (Å²) in [5.74, 6) is -7.64. The Hall–Kier alpha value is -4.26. The first kappa shape index (κ1) is 59.3. The molecule has 1 amide bonds. The van der Waals surface area contributed by atoms with Gasteiger partial charge in [-0.3, -0.25) is 19.2 Å². The lowest BCUT2D eigenvalue weighted by atomic mass is 9.72. The molecule has 1 unspecified atom stereocenters. The highest BCUT2D eigenvalue weighted by atomic mass is 16.6. The molecule has 398 valence electrons. The van der Waals surface area contributed by atoms with Crippen LogP contribution in [0.3, 0.4) is 0 Å². The Labute approximate surface area is 421 Å². The number of aliphatic hydroxyl groups is 4. The number of nitrogens with one attached hydrogen (secondary N) is 1. The van der Waals surface area contributed by atoms with Gasteiger partial charge in [0, 0.05) is 57.0 Å². The number of allylic oxidation sites excluding steroid dienone is 6. The van der Waals surface area contributed by atoms with Gasteiger partial charge >= 0.3 is 5.97 Å². The Bertz CT molecular complexity index is 1970. The van der Waals surface area contributed by atoms with E-state index in [9.17, 15) is 44.4 Å². The monoisotopic (exact) mass is 996 g/mol. The number of ketones is 3. The molecule has 1 saturated carbocycles. The van der Waals surface area contributed by atoms with Crippen molar-refractivity contribution in [3.8, 4) is 0 Å². The highest BCUT2D eigenvalue weighted by Crippen LogP contribution is 2.39. The van der Waals surface area contributed by atoms with Crippen LogP contribution in [0.25, 0.3) is 0 Å². The number of H-pyrrole nitrogens is 1. The molecule has 0 aromatic carbocycles. The molecule has 5 rings (SSSR count). The van der Waals surface area contributed by atoms with E-state index < -0.39 is 71.7 Å². The summed E-state index contributed by atoms with van der Waals surface area (Å²) in [6, 6.07) is -1.14. The second kappa shape index (κ2) is 28.8. The van der Waals surface area contributed by atoms with Crippen molar-refractivity contribution in [3.63, 3.8) is 0 Å². The minimum Gasteiger partial charge on any atom is -0.460 e. The number of ether oxygens (including phenoxy) is 3. The number of aliphatic hydroxyl groups excluding tert-OH is 3. The van der Waals surface area contributed by atoms with Crippen LogP contribution in [-0.4, -0.2) is 138 Å². The van der Waals surface area contributed by atoms with Crippen LogP contribution >= 0.6 is 0 Å².